The Morgan fingerprint density at radius 2 is 2.17 bits per heavy atom. The van der Waals surface area contributed by atoms with E-state index in [1.807, 2.05) is 12.1 Å². The van der Waals surface area contributed by atoms with Crippen molar-refractivity contribution in [1.82, 2.24) is 15.6 Å². The van der Waals surface area contributed by atoms with Crippen molar-refractivity contribution >= 4 is 53.3 Å². The molecule has 9 heteroatoms. The molecular formula is C20H31ClIN5O2. The number of carbonyl (C=O) groups is 1. The van der Waals surface area contributed by atoms with Gasteiger partial charge in [-0.3, -0.25) is 9.79 Å². The summed E-state index contributed by atoms with van der Waals surface area (Å²) in [5, 5.41) is 7.40. The minimum atomic E-state index is -0.0877. The Hall–Kier alpha value is -1.29. The average molecular weight is 536 g/mol. The lowest BCUT2D eigenvalue weighted by atomic mass is 10.2. The first-order chi connectivity index (χ1) is 13.7. The highest BCUT2D eigenvalue weighted by Gasteiger charge is 2.25. The van der Waals surface area contributed by atoms with Crippen LogP contribution in [0.3, 0.4) is 0 Å². The van der Waals surface area contributed by atoms with Crippen LogP contribution >= 0.6 is 35.6 Å². The smallest absolute Gasteiger partial charge is 0.306 e. The molecule has 1 saturated carbocycles. The first-order valence-electron chi connectivity index (χ1n) is 10.2. The lowest BCUT2D eigenvalue weighted by Gasteiger charge is -2.20. The highest BCUT2D eigenvalue weighted by Crippen LogP contribution is 2.25. The minimum absolute atomic E-state index is 0. The van der Waals surface area contributed by atoms with Gasteiger partial charge in [-0.25, -0.2) is 4.98 Å². The van der Waals surface area contributed by atoms with Gasteiger partial charge in [-0.05, 0) is 50.7 Å². The van der Waals surface area contributed by atoms with Crippen molar-refractivity contribution in [3.63, 3.8) is 0 Å². The fraction of sp³-hybridized carbons (Fsp3) is 0.650. The van der Waals surface area contributed by atoms with Crippen LogP contribution in [0.25, 0.3) is 0 Å². The van der Waals surface area contributed by atoms with Gasteiger partial charge in [-0.1, -0.05) is 11.6 Å². The predicted molar refractivity (Wildman–Crippen MR) is 127 cm³/mol. The Bertz CT molecular complexity index is 685. The topological polar surface area (TPSA) is 78.8 Å². The summed E-state index contributed by atoms with van der Waals surface area (Å²) < 4.78 is 5.48. The van der Waals surface area contributed by atoms with E-state index < -0.39 is 0 Å². The number of nitrogens with zero attached hydrogens (tertiary/aromatic N) is 3. The second kappa shape index (κ2) is 12.4. The van der Waals surface area contributed by atoms with Crippen LogP contribution in [-0.2, 0) is 9.53 Å². The van der Waals surface area contributed by atoms with E-state index >= 15 is 0 Å². The molecule has 1 aromatic heterocycles. The molecule has 0 spiro atoms. The molecule has 1 unspecified atom stereocenters. The predicted octanol–water partition coefficient (Wildman–Crippen LogP) is 3.36. The summed E-state index contributed by atoms with van der Waals surface area (Å²) in [6.07, 6.45) is 8.45. The summed E-state index contributed by atoms with van der Waals surface area (Å²) in [5.41, 5.74) is 0. The summed E-state index contributed by atoms with van der Waals surface area (Å²) in [5.74, 6) is 1.50. The monoisotopic (exact) mass is 535 g/mol. The van der Waals surface area contributed by atoms with Crippen molar-refractivity contribution in [2.24, 2.45) is 4.99 Å². The van der Waals surface area contributed by atoms with Crippen molar-refractivity contribution in [1.29, 1.82) is 0 Å². The second-order valence-corrected chi connectivity index (χ2v) is 7.79. The van der Waals surface area contributed by atoms with E-state index in [-0.39, 0.29) is 42.1 Å². The second-order valence-electron chi connectivity index (χ2n) is 7.38. The molecule has 7 nitrogen and oxygen atoms in total. The first-order valence-corrected chi connectivity index (χ1v) is 10.6. The molecule has 1 aromatic rings. The largest absolute Gasteiger partial charge is 0.462 e. The lowest BCUT2D eigenvalue weighted by molar-refractivity contribution is -0.148. The molecule has 1 aliphatic carbocycles. The SMILES string of the molecule is CN=C(NCCCC(=O)OC1CCCC1)NC1CCN(c2ncccc2Cl)C1.I. The third kappa shape index (κ3) is 7.47. The van der Waals surface area contributed by atoms with Crippen molar-refractivity contribution in [3.8, 4) is 0 Å². The highest BCUT2D eigenvalue weighted by molar-refractivity contribution is 14.0. The highest BCUT2D eigenvalue weighted by atomic mass is 127. The standard InChI is InChI=1S/C20H30ClN5O2.HI/c1-22-20(24-12-5-9-18(27)28-16-6-2-3-7-16)25-15-10-13-26(14-15)19-17(21)8-4-11-23-19;/h4,8,11,15-16H,2-3,5-7,9-10,12-14H2,1H3,(H2,22,24,25);1H. The van der Waals surface area contributed by atoms with Crippen molar-refractivity contribution in [2.45, 2.75) is 57.1 Å². The number of nitrogens with one attached hydrogen (secondary N) is 2. The number of hydrogen-bond acceptors (Lipinski definition) is 5. The number of ether oxygens (including phenoxy) is 1. The van der Waals surface area contributed by atoms with Crippen LogP contribution in [0, 0.1) is 0 Å². The Morgan fingerprint density at radius 3 is 2.90 bits per heavy atom. The number of anilines is 1. The molecule has 29 heavy (non-hydrogen) atoms. The van der Waals surface area contributed by atoms with Gasteiger partial charge >= 0.3 is 5.97 Å². The van der Waals surface area contributed by atoms with Crippen LogP contribution in [0.5, 0.6) is 0 Å². The van der Waals surface area contributed by atoms with Gasteiger partial charge in [0.05, 0.1) is 5.02 Å². The molecule has 2 aliphatic rings. The molecule has 0 amide bonds. The molecule has 0 bridgehead atoms. The van der Waals surface area contributed by atoms with Gasteiger partial charge in [0.1, 0.15) is 11.9 Å². The molecule has 2 heterocycles. The zero-order valence-electron chi connectivity index (χ0n) is 16.9. The fourth-order valence-corrected chi connectivity index (χ4v) is 4.00. The minimum Gasteiger partial charge on any atom is -0.462 e. The van der Waals surface area contributed by atoms with Crippen molar-refractivity contribution in [3.05, 3.63) is 23.4 Å². The quantitative estimate of drug-likeness (QED) is 0.183. The number of rotatable bonds is 7. The first kappa shape index (κ1) is 24.0. The van der Waals surface area contributed by atoms with Crippen LogP contribution in [0.1, 0.15) is 44.9 Å². The Balaban J connectivity index is 0.00000300. The Kier molecular flexibility index (Phi) is 10.3. The Labute approximate surface area is 195 Å². The zero-order valence-corrected chi connectivity index (χ0v) is 20.0. The van der Waals surface area contributed by atoms with Crippen molar-refractivity contribution in [2.75, 3.05) is 31.6 Å². The molecular weight excluding hydrogens is 505 g/mol. The number of hydrogen-bond donors (Lipinski definition) is 2. The number of aliphatic imine (C=N–C) groups is 1. The maximum absolute atomic E-state index is 11.9. The van der Waals surface area contributed by atoms with Gasteiger partial charge in [0.2, 0.25) is 0 Å². The number of pyridine rings is 1. The third-order valence-electron chi connectivity index (χ3n) is 5.24. The van der Waals surface area contributed by atoms with Gasteiger partial charge in [0.15, 0.2) is 5.96 Å². The molecule has 1 saturated heterocycles. The number of carbonyl (C=O) groups excluding carboxylic acids is 1. The van der Waals surface area contributed by atoms with Crippen molar-refractivity contribution < 1.29 is 9.53 Å². The van der Waals surface area contributed by atoms with Crippen LogP contribution in [0.2, 0.25) is 5.02 Å². The molecule has 0 aromatic carbocycles. The normalized spacial score (nSPS) is 19.7. The molecule has 1 atom stereocenters. The number of aromatic nitrogens is 1. The van der Waals surface area contributed by atoms with Gasteiger partial charge in [0, 0.05) is 45.3 Å². The van der Waals surface area contributed by atoms with E-state index in [9.17, 15) is 4.79 Å². The fourth-order valence-electron chi connectivity index (χ4n) is 3.76. The van der Waals surface area contributed by atoms with Crippen LogP contribution < -0.4 is 15.5 Å². The van der Waals surface area contributed by atoms with Crippen LogP contribution in [-0.4, -0.2) is 55.7 Å². The summed E-state index contributed by atoms with van der Waals surface area (Å²) in [4.78, 5) is 22.7. The molecule has 162 valence electrons. The zero-order chi connectivity index (χ0) is 19.8. The van der Waals surface area contributed by atoms with E-state index in [4.69, 9.17) is 16.3 Å². The van der Waals surface area contributed by atoms with Gasteiger partial charge in [-0.15, -0.1) is 24.0 Å². The van der Waals surface area contributed by atoms with Crippen LogP contribution in [0.4, 0.5) is 5.82 Å². The summed E-state index contributed by atoms with van der Waals surface area (Å²) in [6.45, 7) is 2.41. The van der Waals surface area contributed by atoms with E-state index in [0.29, 0.717) is 18.0 Å². The maximum atomic E-state index is 11.9. The Morgan fingerprint density at radius 1 is 1.38 bits per heavy atom. The van der Waals surface area contributed by atoms with Gasteiger partial charge < -0.3 is 20.3 Å². The van der Waals surface area contributed by atoms with Gasteiger partial charge in [0.25, 0.3) is 0 Å². The molecule has 1 aliphatic heterocycles. The number of halogens is 2. The third-order valence-corrected chi connectivity index (χ3v) is 5.54. The molecule has 2 fully saturated rings. The van der Waals surface area contributed by atoms with E-state index in [2.05, 4.69) is 25.5 Å². The molecule has 2 N–H and O–H groups in total. The molecule has 0 radical (unpaired) electrons. The van der Waals surface area contributed by atoms with E-state index in [1.54, 1.807) is 13.2 Å². The van der Waals surface area contributed by atoms with Gasteiger partial charge in [-0.2, -0.15) is 0 Å². The molecule has 3 rings (SSSR count). The van der Waals surface area contributed by atoms with E-state index in [0.717, 1.165) is 50.6 Å². The van der Waals surface area contributed by atoms with Crippen LogP contribution in [0.15, 0.2) is 23.3 Å². The maximum Gasteiger partial charge on any atom is 0.306 e. The number of esters is 1. The average Bonchev–Trinajstić information content (AvgIpc) is 3.36. The number of guanidine groups is 1. The summed E-state index contributed by atoms with van der Waals surface area (Å²) >= 11 is 6.25. The summed E-state index contributed by atoms with van der Waals surface area (Å²) in [6, 6.07) is 3.98. The van der Waals surface area contributed by atoms with E-state index in [1.165, 1.54) is 12.8 Å². The summed E-state index contributed by atoms with van der Waals surface area (Å²) in [7, 11) is 1.76. The lowest BCUT2D eigenvalue weighted by Crippen LogP contribution is -2.45.